The zero-order chi connectivity index (χ0) is 20.5. The summed E-state index contributed by atoms with van der Waals surface area (Å²) in [6, 6.07) is 13.6. The molecule has 0 unspecified atom stereocenters. The first-order valence-corrected chi connectivity index (χ1v) is 9.13. The molecule has 0 fully saturated rings. The van der Waals surface area contributed by atoms with Gasteiger partial charge in [-0.2, -0.15) is 5.26 Å². The molecule has 0 radical (unpaired) electrons. The highest BCUT2D eigenvalue weighted by molar-refractivity contribution is 6.01. The van der Waals surface area contributed by atoms with Crippen LogP contribution in [0.1, 0.15) is 27.8 Å². The molecule has 146 valence electrons. The highest BCUT2D eigenvalue weighted by Crippen LogP contribution is 2.20. The van der Waals surface area contributed by atoms with Crippen molar-refractivity contribution >= 4 is 12.0 Å². The monoisotopic (exact) mass is 378 g/mol. The quantitative estimate of drug-likeness (QED) is 0.430. The molecule has 0 saturated heterocycles. The van der Waals surface area contributed by atoms with E-state index in [1.807, 2.05) is 30.3 Å². The fraction of sp³-hybridized carbons (Fsp3) is 0.304. The van der Waals surface area contributed by atoms with E-state index in [1.54, 1.807) is 13.2 Å². The van der Waals surface area contributed by atoms with Crippen LogP contribution >= 0.6 is 0 Å². The van der Waals surface area contributed by atoms with Crippen LogP contribution in [0.25, 0.3) is 6.08 Å². The van der Waals surface area contributed by atoms with Gasteiger partial charge >= 0.3 is 0 Å². The number of benzene rings is 2. The Labute approximate surface area is 166 Å². The lowest BCUT2D eigenvalue weighted by Crippen LogP contribution is -2.27. The van der Waals surface area contributed by atoms with E-state index < -0.39 is 5.91 Å². The van der Waals surface area contributed by atoms with E-state index >= 15 is 0 Å². The molecular formula is C23H26N2O3. The molecule has 0 aromatic heterocycles. The fourth-order valence-electron chi connectivity index (χ4n) is 2.93. The molecule has 0 aliphatic carbocycles. The summed E-state index contributed by atoms with van der Waals surface area (Å²) in [5, 5.41) is 11.9. The lowest BCUT2D eigenvalue weighted by Gasteiger charge is -2.13. The molecule has 1 amide bonds. The molecule has 1 N–H and O–H groups in total. The minimum absolute atomic E-state index is 0.0516. The summed E-state index contributed by atoms with van der Waals surface area (Å²) in [6.07, 6.45) is 1.56. The molecular weight excluding hydrogens is 352 g/mol. The zero-order valence-electron chi connectivity index (χ0n) is 16.8. The van der Waals surface area contributed by atoms with Crippen LogP contribution < -0.4 is 10.1 Å². The van der Waals surface area contributed by atoms with Crippen LogP contribution in [0.2, 0.25) is 0 Å². The molecule has 0 spiro atoms. The number of nitriles is 1. The van der Waals surface area contributed by atoms with E-state index in [4.69, 9.17) is 9.47 Å². The van der Waals surface area contributed by atoms with E-state index in [9.17, 15) is 10.1 Å². The summed E-state index contributed by atoms with van der Waals surface area (Å²) in [4.78, 5) is 12.0. The average Bonchev–Trinajstić information content (AvgIpc) is 2.66. The van der Waals surface area contributed by atoms with Gasteiger partial charge in [0.25, 0.3) is 5.91 Å². The Bertz CT molecular complexity index is 870. The SMILES string of the molecule is COCCNC(=O)/C(C#N)=C/c1ccc(OCc2c(C)cc(C)cc2C)cc1. The van der Waals surface area contributed by atoms with Crippen LogP contribution in [0.4, 0.5) is 0 Å². The molecule has 28 heavy (non-hydrogen) atoms. The molecule has 0 saturated carbocycles. The van der Waals surface area contributed by atoms with Crippen molar-refractivity contribution in [2.45, 2.75) is 27.4 Å². The molecule has 0 aliphatic heterocycles. The maximum Gasteiger partial charge on any atom is 0.262 e. The van der Waals surface area contributed by atoms with Gasteiger partial charge in [0.15, 0.2) is 0 Å². The Balaban J connectivity index is 2.03. The summed E-state index contributed by atoms with van der Waals surface area (Å²) in [6.45, 7) is 7.53. The van der Waals surface area contributed by atoms with E-state index in [2.05, 4.69) is 38.2 Å². The van der Waals surface area contributed by atoms with Gasteiger partial charge in [-0.3, -0.25) is 4.79 Å². The number of nitrogens with one attached hydrogen (secondary N) is 1. The lowest BCUT2D eigenvalue weighted by molar-refractivity contribution is -0.117. The molecule has 0 heterocycles. The van der Waals surface area contributed by atoms with Gasteiger partial charge in [-0.25, -0.2) is 0 Å². The number of methoxy groups -OCH3 is 1. The number of carbonyl (C=O) groups excluding carboxylic acids is 1. The lowest BCUT2D eigenvalue weighted by atomic mass is 10.0. The smallest absolute Gasteiger partial charge is 0.262 e. The predicted octanol–water partition coefficient (Wildman–Crippen LogP) is 3.86. The number of nitrogens with zero attached hydrogens (tertiary/aromatic N) is 1. The molecule has 5 nitrogen and oxygen atoms in total. The van der Waals surface area contributed by atoms with Gasteiger partial charge in [0.1, 0.15) is 24.0 Å². The van der Waals surface area contributed by atoms with E-state index in [0.29, 0.717) is 19.8 Å². The van der Waals surface area contributed by atoms with Gasteiger partial charge < -0.3 is 14.8 Å². The van der Waals surface area contributed by atoms with Crippen molar-refractivity contribution in [3.8, 4) is 11.8 Å². The predicted molar refractivity (Wildman–Crippen MR) is 110 cm³/mol. The van der Waals surface area contributed by atoms with Crippen molar-refractivity contribution in [2.75, 3.05) is 20.3 Å². The summed E-state index contributed by atoms with van der Waals surface area (Å²) >= 11 is 0. The number of hydrogen-bond donors (Lipinski definition) is 1. The second-order valence-corrected chi connectivity index (χ2v) is 6.65. The third-order valence-electron chi connectivity index (χ3n) is 4.37. The molecule has 2 aromatic rings. The molecule has 0 aliphatic rings. The Morgan fingerprint density at radius 1 is 1.14 bits per heavy atom. The van der Waals surface area contributed by atoms with Gasteiger partial charge in [-0.15, -0.1) is 0 Å². The van der Waals surface area contributed by atoms with Crippen LogP contribution in [-0.4, -0.2) is 26.2 Å². The summed E-state index contributed by atoms with van der Waals surface area (Å²) in [7, 11) is 1.55. The molecule has 2 rings (SSSR count). The molecule has 0 bridgehead atoms. The largest absolute Gasteiger partial charge is 0.489 e. The van der Waals surface area contributed by atoms with Crippen LogP contribution in [-0.2, 0) is 16.1 Å². The van der Waals surface area contributed by atoms with Gasteiger partial charge in [0.2, 0.25) is 0 Å². The Hall–Kier alpha value is -3.10. The Morgan fingerprint density at radius 3 is 2.36 bits per heavy atom. The second-order valence-electron chi connectivity index (χ2n) is 6.65. The Morgan fingerprint density at radius 2 is 1.79 bits per heavy atom. The van der Waals surface area contributed by atoms with Gasteiger partial charge in [0.05, 0.1) is 6.61 Å². The number of hydrogen-bond acceptors (Lipinski definition) is 4. The third kappa shape index (κ3) is 5.97. The minimum atomic E-state index is -0.412. The standard InChI is InChI=1S/C23H26N2O3/c1-16-11-17(2)22(18(3)12-16)15-28-21-7-5-19(6-8-21)13-20(14-24)23(26)25-9-10-27-4/h5-8,11-13H,9-10,15H2,1-4H3,(H,25,26)/b20-13+. The van der Waals surface area contributed by atoms with Crippen molar-refractivity contribution in [3.05, 3.63) is 69.8 Å². The second kappa shape index (κ2) is 10.3. The van der Waals surface area contributed by atoms with E-state index in [1.165, 1.54) is 22.3 Å². The normalized spacial score (nSPS) is 11.0. The van der Waals surface area contributed by atoms with Crippen LogP contribution in [0.15, 0.2) is 42.0 Å². The highest BCUT2D eigenvalue weighted by Gasteiger charge is 2.09. The Kier molecular flexibility index (Phi) is 7.79. The first-order valence-electron chi connectivity index (χ1n) is 9.13. The number of amides is 1. The number of rotatable bonds is 8. The van der Waals surface area contributed by atoms with Crippen molar-refractivity contribution < 1.29 is 14.3 Å². The molecule has 5 heteroatoms. The highest BCUT2D eigenvalue weighted by atomic mass is 16.5. The number of carbonyl (C=O) groups is 1. The van der Waals surface area contributed by atoms with E-state index in [0.717, 1.165) is 11.3 Å². The minimum Gasteiger partial charge on any atom is -0.489 e. The maximum absolute atomic E-state index is 12.0. The summed E-state index contributed by atoms with van der Waals surface area (Å²) in [5.41, 5.74) is 5.68. The summed E-state index contributed by atoms with van der Waals surface area (Å²) in [5.74, 6) is 0.324. The van der Waals surface area contributed by atoms with Crippen LogP contribution in [0.5, 0.6) is 5.75 Å². The van der Waals surface area contributed by atoms with E-state index in [-0.39, 0.29) is 5.57 Å². The number of ether oxygens (including phenoxy) is 2. The number of aryl methyl sites for hydroxylation is 3. The van der Waals surface area contributed by atoms with Gasteiger partial charge in [-0.1, -0.05) is 29.8 Å². The molecule has 0 atom stereocenters. The van der Waals surface area contributed by atoms with Gasteiger partial charge in [-0.05, 0) is 61.2 Å². The van der Waals surface area contributed by atoms with Crippen LogP contribution in [0.3, 0.4) is 0 Å². The topological polar surface area (TPSA) is 71.3 Å². The fourth-order valence-corrected chi connectivity index (χ4v) is 2.93. The van der Waals surface area contributed by atoms with Crippen molar-refractivity contribution in [1.82, 2.24) is 5.32 Å². The van der Waals surface area contributed by atoms with Crippen molar-refractivity contribution in [3.63, 3.8) is 0 Å². The first-order chi connectivity index (χ1) is 13.4. The zero-order valence-corrected chi connectivity index (χ0v) is 16.8. The summed E-state index contributed by atoms with van der Waals surface area (Å²) < 4.78 is 10.8. The van der Waals surface area contributed by atoms with Crippen molar-refractivity contribution in [1.29, 1.82) is 5.26 Å². The van der Waals surface area contributed by atoms with Crippen molar-refractivity contribution in [2.24, 2.45) is 0 Å². The molecule has 2 aromatic carbocycles. The van der Waals surface area contributed by atoms with Crippen LogP contribution in [0, 0.1) is 32.1 Å². The average molecular weight is 378 g/mol. The maximum atomic E-state index is 12.0. The third-order valence-corrected chi connectivity index (χ3v) is 4.37. The first kappa shape index (κ1) is 21.2. The van der Waals surface area contributed by atoms with Gasteiger partial charge in [0, 0.05) is 13.7 Å².